The molecule has 0 saturated carbocycles. The zero-order chi connectivity index (χ0) is 28.6. The van der Waals surface area contributed by atoms with E-state index >= 15 is 0 Å². The van der Waals surface area contributed by atoms with Crippen LogP contribution in [0.4, 0.5) is 44.7 Å². The van der Waals surface area contributed by atoms with E-state index in [2.05, 4.69) is 27.3 Å². The van der Waals surface area contributed by atoms with Gasteiger partial charge in [0.25, 0.3) is 5.91 Å². The lowest BCUT2D eigenvalue weighted by Crippen LogP contribution is -2.36. The van der Waals surface area contributed by atoms with Crippen LogP contribution >= 0.6 is 0 Å². The smallest absolute Gasteiger partial charge is 0.256 e. The number of nitrogens with zero attached hydrogens (tertiary/aromatic N) is 5. The van der Waals surface area contributed by atoms with E-state index in [1.165, 1.54) is 13.1 Å². The third kappa shape index (κ3) is 5.22. The minimum absolute atomic E-state index is 0.0405. The second-order valence-corrected chi connectivity index (χ2v) is 10.3. The topological polar surface area (TPSA) is 118 Å². The van der Waals surface area contributed by atoms with E-state index in [1.54, 1.807) is 12.1 Å². The molecule has 2 aliphatic heterocycles. The maximum atomic E-state index is 14.6. The molecule has 0 fully saturated rings. The van der Waals surface area contributed by atoms with Gasteiger partial charge in [-0.1, -0.05) is 6.07 Å². The number of fused-ring (bicyclic) bond motifs is 2. The van der Waals surface area contributed by atoms with Crippen molar-refractivity contribution < 1.29 is 14.0 Å². The second-order valence-electron chi connectivity index (χ2n) is 10.3. The van der Waals surface area contributed by atoms with Gasteiger partial charge in [0.1, 0.15) is 17.5 Å². The van der Waals surface area contributed by atoms with Crippen LogP contribution in [-0.2, 0) is 17.6 Å². The molecule has 5 rings (SSSR count). The molecule has 2 amide bonds. The number of nitrogens with one attached hydrogen (secondary N) is 4. The summed E-state index contributed by atoms with van der Waals surface area (Å²) in [5, 5.41) is 12.3. The molecule has 0 bridgehead atoms. The summed E-state index contributed by atoms with van der Waals surface area (Å²) < 4.78 is 14.6. The number of hydrogen-bond donors (Lipinski definition) is 4. The zero-order valence-corrected chi connectivity index (χ0v) is 23.4. The van der Waals surface area contributed by atoms with Crippen LogP contribution in [0.25, 0.3) is 0 Å². The number of carbonyl (C=O) groups excluding carboxylic acids is 2. The van der Waals surface area contributed by atoms with Crippen LogP contribution in [0.15, 0.2) is 30.3 Å². The molecule has 3 heterocycles. The van der Waals surface area contributed by atoms with Crippen LogP contribution in [0, 0.1) is 5.82 Å². The molecule has 0 unspecified atom stereocenters. The SMILES string of the molecule is CNC(=O)c1c(F)cccc1Nc1nc(Nc2cc3c(cc2N(C)C)CCN3C(=O)CN(C)C)nc2c1CCN2. The summed E-state index contributed by atoms with van der Waals surface area (Å²) in [6, 6.07) is 8.49. The number of likely N-dealkylation sites (N-methyl/N-ethyl adjacent to an activating group) is 1. The monoisotopic (exact) mass is 547 g/mol. The van der Waals surface area contributed by atoms with Crippen LogP contribution in [0.5, 0.6) is 0 Å². The first-order valence-corrected chi connectivity index (χ1v) is 13.1. The molecule has 0 saturated heterocycles. The molecule has 0 atom stereocenters. The molecule has 11 nitrogen and oxygen atoms in total. The molecular weight excluding hydrogens is 513 g/mol. The van der Waals surface area contributed by atoms with Crippen molar-refractivity contribution in [2.45, 2.75) is 12.8 Å². The Morgan fingerprint density at radius 2 is 1.88 bits per heavy atom. The Balaban J connectivity index is 1.52. The number of halogens is 1. The number of anilines is 7. The highest BCUT2D eigenvalue weighted by molar-refractivity contribution is 6.01. The summed E-state index contributed by atoms with van der Waals surface area (Å²) in [4.78, 5) is 40.5. The normalized spacial score (nSPS) is 13.5. The van der Waals surface area contributed by atoms with Crippen molar-refractivity contribution >= 4 is 52.1 Å². The van der Waals surface area contributed by atoms with E-state index in [-0.39, 0.29) is 11.5 Å². The number of amides is 2. The Hall–Kier alpha value is -4.45. The average Bonchev–Trinajstić information content (AvgIpc) is 3.54. The maximum absolute atomic E-state index is 14.6. The summed E-state index contributed by atoms with van der Waals surface area (Å²) in [5.41, 5.74) is 4.71. The molecule has 4 N–H and O–H groups in total. The summed E-state index contributed by atoms with van der Waals surface area (Å²) >= 11 is 0. The van der Waals surface area contributed by atoms with Crippen LogP contribution in [-0.4, -0.2) is 81.6 Å². The summed E-state index contributed by atoms with van der Waals surface area (Å²) in [7, 11) is 9.13. The van der Waals surface area contributed by atoms with Crippen molar-refractivity contribution in [1.82, 2.24) is 20.2 Å². The zero-order valence-electron chi connectivity index (χ0n) is 23.4. The molecular formula is C28H34FN9O2. The van der Waals surface area contributed by atoms with E-state index in [0.717, 1.165) is 34.6 Å². The predicted molar refractivity (Wildman–Crippen MR) is 156 cm³/mol. The van der Waals surface area contributed by atoms with Crippen LogP contribution < -0.4 is 31.1 Å². The van der Waals surface area contributed by atoms with E-state index in [1.807, 2.05) is 49.0 Å². The summed E-state index contributed by atoms with van der Waals surface area (Å²) in [5.74, 6) is 0.329. The molecule has 2 aromatic carbocycles. The van der Waals surface area contributed by atoms with Gasteiger partial charge >= 0.3 is 0 Å². The van der Waals surface area contributed by atoms with Crippen LogP contribution in [0.3, 0.4) is 0 Å². The van der Waals surface area contributed by atoms with Gasteiger partial charge in [-0.3, -0.25) is 9.59 Å². The van der Waals surface area contributed by atoms with Gasteiger partial charge in [0.15, 0.2) is 0 Å². The van der Waals surface area contributed by atoms with Crippen LogP contribution in [0.1, 0.15) is 21.5 Å². The van der Waals surface area contributed by atoms with E-state index < -0.39 is 11.7 Å². The highest BCUT2D eigenvalue weighted by Crippen LogP contribution is 2.39. The van der Waals surface area contributed by atoms with Gasteiger partial charge in [-0.25, -0.2) is 4.39 Å². The average molecular weight is 548 g/mol. The van der Waals surface area contributed by atoms with Crippen molar-refractivity contribution in [3.63, 3.8) is 0 Å². The molecule has 210 valence electrons. The molecule has 0 aliphatic carbocycles. The summed E-state index contributed by atoms with van der Waals surface area (Å²) in [6.07, 6.45) is 1.46. The molecule has 2 aliphatic rings. The Bertz CT molecular complexity index is 1470. The number of aromatic nitrogens is 2. The Kier molecular flexibility index (Phi) is 7.44. The largest absolute Gasteiger partial charge is 0.376 e. The quantitative estimate of drug-likeness (QED) is 0.338. The Morgan fingerprint density at radius 1 is 1.07 bits per heavy atom. The van der Waals surface area contributed by atoms with Crippen molar-refractivity contribution in [3.05, 3.63) is 52.8 Å². The maximum Gasteiger partial charge on any atom is 0.256 e. The van der Waals surface area contributed by atoms with Crippen molar-refractivity contribution in [1.29, 1.82) is 0 Å². The number of carbonyl (C=O) groups is 2. The molecule has 1 aromatic heterocycles. The van der Waals surface area contributed by atoms with Gasteiger partial charge in [-0.2, -0.15) is 9.97 Å². The van der Waals surface area contributed by atoms with Gasteiger partial charge < -0.3 is 36.0 Å². The lowest BCUT2D eigenvalue weighted by atomic mass is 10.1. The first-order valence-electron chi connectivity index (χ1n) is 13.1. The standard InChI is InChI=1S/C28H34FN9O2/c1-30-27(40)24-18(29)7-6-8-19(24)32-26-17-9-11-31-25(17)34-28(35-26)33-20-14-21-16(13-22(20)37(4)5)10-12-38(21)23(39)15-36(2)3/h6-8,13-14H,9-12,15H2,1-5H3,(H,30,40)(H3,31,32,33,34,35). The van der Waals surface area contributed by atoms with Gasteiger partial charge in [0, 0.05) is 45.5 Å². The first kappa shape index (κ1) is 27.1. The Morgan fingerprint density at radius 3 is 2.60 bits per heavy atom. The number of rotatable bonds is 8. The Labute approximate surface area is 232 Å². The highest BCUT2D eigenvalue weighted by atomic mass is 19.1. The summed E-state index contributed by atoms with van der Waals surface area (Å²) in [6.45, 7) is 1.63. The van der Waals surface area contributed by atoms with E-state index in [4.69, 9.17) is 9.97 Å². The number of hydrogen-bond acceptors (Lipinski definition) is 9. The van der Waals surface area contributed by atoms with Gasteiger partial charge in [-0.15, -0.1) is 0 Å². The minimum atomic E-state index is -0.631. The third-order valence-corrected chi connectivity index (χ3v) is 6.97. The van der Waals surface area contributed by atoms with Gasteiger partial charge in [0.2, 0.25) is 11.9 Å². The lowest BCUT2D eigenvalue weighted by molar-refractivity contribution is -0.119. The first-order chi connectivity index (χ1) is 19.2. The fourth-order valence-electron chi connectivity index (χ4n) is 5.07. The van der Waals surface area contributed by atoms with Crippen molar-refractivity contribution in [3.8, 4) is 0 Å². The molecule has 0 radical (unpaired) electrons. The predicted octanol–water partition coefficient (Wildman–Crippen LogP) is 2.95. The fourth-order valence-corrected chi connectivity index (χ4v) is 5.07. The lowest BCUT2D eigenvalue weighted by Gasteiger charge is -2.23. The third-order valence-electron chi connectivity index (χ3n) is 6.97. The van der Waals surface area contributed by atoms with Crippen molar-refractivity contribution in [2.24, 2.45) is 0 Å². The van der Waals surface area contributed by atoms with E-state index in [0.29, 0.717) is 49.3 Å². The van der Waals surface area contributed by atoms with Crippen LogP contribution in [0.2, 0.25) is 0 Å². The van der Waals surface area contributed by atoms with Gasteiger partial charge in [0.05, 0.1) is 29.2 Å². The molecule has 3 aromatic rings. The molecule has 0 spiro atoms. The fraction of sp³-hybridized carbons (Fsp3) is 0.357. The number of benzene rings is 2. The minimum Gasteiger partial charge on any atom is -0.376 e. The van der Waals surface area contributed by atoms with Gasteiger partial charge in [-0.05, 0) is 56.8 Å². The van der Waals surface area contributed by atoms with Crippen molar-refractivity contribution in [2.75, 3.05) is 80.6 Å². The van der Waals surface area contributed by atoms with E-state index in [9.17, 15) is 14.0 Å². The second kappa shape index (κ2) is 11.0. The molecule has 12 heteroatoms. The molecule has 40 heavy (non-hydrogen) atoms. The highest BCUT2D eigenvalue weighted by Gasteiger charge is 2.28.